The lowest BCUT2D eigenvalue weighted by Crippen LogP contribution is -2.12. The molecular formula is C11H17N3S. The van der Waals surface area contributed by atoms with E-state index in [2.05, 4.69) is 16.9 Å². The molecule has 1 aromatic heterocycles. The van der Waals surface area contributed by atoms with Crippen LogP contribution in [0.5, 0.6) is 0 Å². The van der Waals surface area contributed by atoms with E-state index in [1.807, 2.05) is 11.8 Å². The summed E-state index contributed by atoms with van der Waals surface area (Å²) in [6.45, 7) is 2.82. The molecular weight excluding hydrogens is 206 g/mol. The van der Waals surface area contributed by atoms with E-state index in [4.69, 9.17) is 5.73 Å². The smallest absolute Gasteiger partial charge is 0.128 e. The van der Waals surface area contributed by atoms with E-state index in [1.165, 1.54) is 22.7 Å². The number of nitrogens with zero attached hydrogens (tertiary/aromatic N) is 2. The molecule has 2 rings (SSSR count). The lowest BCUT2D eigenvalue weighted by molar-refractivity contribution is 0.758. The molecule has 4 heteroatoms. The Morgan fingerprint density at radius 3 is 3.07 bits per heavy atom. The number of aryl methyl sites for hydroxylation is 2. The fourth-order valence-corrected chi connectivity index (χ4v) is 2.80. The molecule has 3 nitrogen and oxygen atoms in total. The van der Waals surface area contributed by atoms with Crippen molar-refractivity contribution in [1.82, 2.24) is 9.97 Å². The highest BCUT2D eigenvalue weighted by Crippen LogP contribution is 2.24. The maximum atomic E-state index is 5.49. The molecule has 0 atom stereocenters. The number of rotatable bonds is 3. The summed E-state index contributed by atoms with van der Waals surface area (Å²) in [5.41, 5.74) is 9.30. The predicted molar refractivity (Wildman–Crippen MR) is 64.0 cm³/mol. The monoisotopic (exact) mass is 223 g/mol. The number of fused-ring (bicyclic) bond motifs is 1. The minimum absolute atomic E-state index is 0.717. The highest BCUT2D eigenvalue weighted by molar-refractivity contribution is 7.98. The predicted octanol–water partition coefficient (Wildman–Crippen LogP) is 1.47. The number of hydrogen-bond acceptors (Lipinski definition) is 4. The zero-order chi connectivity index (χ0) is 10.7. The molecule has 0 aliphatic carbocycles. The van der Waals surface area contributed by atoms with Crippen molar-refractivity contribution < 1.29 is 0 Å². The fraction of sp³-hybridized carbons (Fsp3) is 0.636. The van der Waals surface area contributed by atoms with E-state index >= 15 is 0 Å². The van der Waals surface area contributed by atoms with E-state index in [-0.39, 0.29) is 0 Å². The van der Waals surface area contributed by atoms with Crippen LogP contribution in [0.25, 0.3) is 0 Å². The van der Waals surface area contributed by atoms with Gasteiger partial charge in [-0.2, -0.15) is 11.8 Å². The quantitative estimate of drug-likeness (QED) is 0.843. The molecule has 15 heavy (non-hydrogen) atoms. The van der Waals surface area contributed by atoms with E-state index in [9.17, 15) is 0 Å². The molecule has 0 aromatic carbocycles. The van der Waals surface area contributed by atoms with Crippen molar-refractivity contribution in [2.75, 3.05) is 12.3 Å². The zero-order valence-corrected chi connectivity index (χ0v) is 9.94. The van der Waals surface area contributed by atoms with E-state index < -0.39 is 0 Å². The van der Waals surface area contributed by atoms with Crippen molar-refractivity contribution in [3.63, 3.8) is 0 Å². The van der Waals surface area contributed by atoms with Crippen LogP contribution in [0.1, 0.15) is 29.2 Å². The standard InChI is InChI=1S/C11H17N3S/c1-8-9-4-6-15-7-10(9)14-11(13-8)3-2-5-12/h2-7,12H2,1H3. The van der Waals surface area contributed by atoms with E-state index in [0.29, 0.717) is 6.54 Å². The molecule has 0 amide bonds. The molecule has 0 saturated heterocycles. The van der Waals surface area contributed by atoms with Gasteiger partial charge < -0.3 is 5.73 Å². The molecule has 2 heterocycles. The van der Waals surface area contributed by atoms with E-state index in [0.717, 1.165) is 30.8 Å². The SMILES string of the molecule is Cc1nc(CCCN)nc2c1CCSC2. The van der Waals surface area contributed by atoms with Crippen molar-refractivity contribution >= 4 is 11.8 Å². The van der Waals surface area contributed by atoms with Crippen LogP contribution in [0.2, 0.25) is 0 Å². The molecule has 0 unspecified atom stereocenters. The van der Waals surface area contributed by atoms with Gasteiger partial charge in [0, 0.05) is 17.9 Å². The molecule has 1 aliphatic rings. The van der Waals surface area contributed by atoms with E-state index in [1.54, 1.807) is 0 Å². The third-order valence-corrected chi connectivity index (χ3v) is 3.66. The third kappa shape index (κ3) is 2.49. The minimum atomic E-state index is 0.717. The van der Waals surface area contributed by atoms with Gasteiger partial charge in [0.15, 0.2) is 0 Å². The Kier molecular flexibility index (Phi) is 3.59. The Morgan fingerprint density at radius 1 is 1.40 bits per heavy atom. The summed E-state index contributed by atoms with van der Waals surface area (Å²) in [6, 6.07) is 0. The zero-order valence-electron chi connectivity index (χ0n) is 9.12. The number of hydrogen-bond donors (Lipinski definition) is 1. The number of thioether (sulfide) groups is 1. The van der Waals surface area contributed by atoms with Crippen molar-refractivity contribution in [3.8, 4) is 0 Å². The molecule has 0 spiro atoms. The minimum Gasteiger partial charge on any atom is -0.330 e. The van der Waals surface area contributed by atoms with Crippen LogP contribution in [-0.4, -0.2) is 22.3 Å². The van der Waals surface area contributed by atoms with Crippen LogP contribution in [0.15, 0.2) is 0 Å². The number of aromatic nitrogens is 2. The van der Waals surface area contributed by atoms with Gasteiger partial charge in [-0.1, -0.05) is 0 Å². The molecule has 82 valence electrons. The van der Waals surface area contributed by atoms with Crippen LogP contribution in [0, 0.1) is 6.92 Å². The summed E-state index contributed by atoms with van der Waals surface area (Å²) in [6.07, 6.45) is 3.02. The third-order valence-electron chi connectivity index (χ3n) is 2.69. The summed E-state index contributed by atoms with van der Waals surface area (Å²) < 4.78 is 0. The number of nitrogens with two attached hydrogens (primary N) is 1. The van der Waals surface area contributed by atoms with Crippen LogP contribution in [-0.2, 0) is 18.6 Å². The summed E-state index contributed by atoms with van der Waals surface area (Å²) in [5.74, 6) is 3.23. The van der Waals surface area contributed by atoms with Gasteiger partial charge in [0.2, 0.25) is 0 Å². The highest BCUT2D eigenvalue weighted by Gasteiger charge is 2.15. The summed E-state index contributed by atoms with van der Waals surface area (Å²) in [7, 11) is 0. The van der Waals surface area contributed by atoms with Gasteiger partial charge in [-0.15, -0.1) is 0 Å². The lowest BCUT2D eigenvalue weighted by Gasteiger charge is -2.17. The van der Waals surface area contributed by atoms with Gasteiger partial charge in [-0.05, 0) is 37.6 Å². The molecule has 0 radical (unpaired) electrons. The molecule has 1 aliphatic heterocycles. The van der Waals surface area contributed by atoms with Crippen LogP contribution < -0.4 is 5.73 Å². The van der Waals surface area contributed by atoms with Gasteiger partial charge in [0.1, 0.15) is 5.82 Å². The summed E-state index contributed by atoms with van der Waals surface area (Å²) >= 11 is 1.96. The first-order valence-corrected chi connectivity index (χ1v) is 6.60. The van der Waals surface area contributed by atoms with Crippen molar-refractivity contribution in [3.05, 3.63) is 22.8 Å². The normalized spacial score (nSPS) is 15.1. The van der Waals surface area contributed by atoms with Crippen LogP contribution in [0.3, 0.4) is 0 Å². The second kappa shape index (κ2) is 4.94. The Labute approximate surface area is 94.9 Å². The summed E-state index contributed by atoms with van der Waals surface area (Å²) in [4.78, 5) is 9.17. The second-order valence-electron chi connectivity index (χ2n) is 3.85. The van der Waals surface area contributed by atoms with Gasteiger partial charge >= 0.3 is 0 Å². The largest absolute Gasteiger partial charge is 0.330 e. The Morgan fingerprint density at radius 2 is 2.27 bits per heavy atom. The molecule has 0 bridgehead atoms. The fourth-order valence-electron chi connectivity index (χ4n) is 1.88. The first-order chi connectivity index (χ1) is 7.31. The van der Waals surface area contributed by atoms with Gasteiger partial charge in [-0.3, -0.25) is 0 Å². The molecule has 1 aromatic rings. The van der Waals surface area contributed by atoms with Gasteiger partial charge in [-0.25, -0.2) is 9.97 Å². The first-order valence-electron chi connectivity index (χ1n) is 5.44. The second-order valence-corrected chi connectivity index (χ2v) is 4.95. The van der Waals surface area contributed by atoms with Gasteiger partial charge in [0.25, 0.3) is 0 Å². The maximum Gasteiger partial charge on any atom is 0.128 e. The van der Waals surface area contributed by atoms with Gasteiger partial charge in [0.05, 0.1) is 5.69 Å². The molecule has 0 saturated carbocycles. The summed E-state index contributed by atoms with van der Waals surface area (Å²) in [5, 5.41) is 0. The van der Waals surface area contributed by atoms with Crippen LogP contribution >= 0.6 is 11.8 Å². The average molecular weight is 223 g/mol. The highest BCUT2D eigenvalue weighted by atomic mass is 32.2. The lowest BCUT2D eigenvalue weighted by atomic mass is 10.1. The maximum absolute atomic E-state index is 5.49. The Balaban J connectivity index is 2.24. The van der Waals surface area contributed by atoms with Crippen molar-refractivity contribution in [1.29, 1.82) is 0 Å². The molecule has 0 fully saturated rings. The Hall–Kier alpha value is -0.610. The average Bonchev–Trinajstić information content (AvgIpc) is 2.26. The topological polar surface area (TPSA) is 51.8 Å². The van der Waals surface area contributed by atoms with Crippen molar-refractivity contribution in [2.45, 2.75) is 31.9 Å². The first kappa shape index (κ1) is 10.9. The van der Waals surface area contributed by atoms with Crippen molar-refractivity contribution in [2.24, 2.45) is 5.73 Å². The Bertz CT molecular complexity index is 352. The van der Waals surface area contributed by atoms with Crippen LogP contribution in [0.4, 0.5) is 0 Å². The molecule has 2 N–H and O–H groups in total.